The zero-order chi connectivity index (χ0) is 7.94. The summed E-state index contributed by atoms with van der Waals surface area (Å²) in [5.41, 5.74) is 0. The van der Waals surface area contributed by atoms with E-state index in [2.05, 4.69) is 18.8 Å². The lowest BCUT2D eigenvalue weighted by Gasteiger charge is -2.11. The SMILES string of the molecule is CCCCCC1C#CCCC1. The summed E-state index contributed by atoms with van der Waals surface area (Å²) in [5, 5.41) is 0. The van der Waals surface area contributed by atoms with Crippen LogP contribution in [0.25, 0.3) is 0 Å². The first kappa shape index (κ1) is 8.65. The van der Waals surface area contributed by atoms with Crippen molar-refractivity contribution in [3.63, 3.8) is 0 Å². The van der Waals surface area contributed by atoms with E-state index >= 15 is 0 Å². The maximum atomic E-state index is 3.33. The predicted octanol–water partition coefficient (Wildman–Crippen LogP) is 3.37. The largest absolute Gasteiger partial charge is 0.103 e. The summed E-state index contributed by atoms with van der Waals surface area (Å²) in [6, 6.07) is 0. The normalized spacial score (nSPS) is 22.5. The highest BCUT2D eigenvalue weighted by Crippen LogP contribution is 2.18. The lowest BCUT2D eigenvalue weighted by Crippen LogP contribution is -2.00. The lowest BCUT2D eigenvalue weighted by atomic mass is 9.93. The minimum atomic E-state index is 0.746. The smallest absolute Gasteiger partial charge is 0.0203 e. The van der Waals surface area contributed by atoms with E-state index < -0.39 is 0 Å². The quantitative estimate of drug-likeness (QED) is 0.426. The Labute approximate surface area is 70.4 Å². The Balaban J connectivity index is 2.08. The highest BCUT2D eigenvalue weighted by Gasteiger charge is 2.06. The fourth-order valence-electron chi connectivity index (χ4n) is 1.58. The van der Waals surface area contributed by atoms with Gasteiger partial charge in [0.25, 0.3) is 0 Å². The molecule has 1 unspecified atom stereocenters. The Kier molecular flexibility index (Phi) is 4.12. The summed E-state index contributed by atoms with van der Waals surface area (Å²) in [6.45, 7) is 2.26. The van der Waals surface area contributed by atoms with Gasteiger partial charge in [0.1, 0.15) is 0 Å². The van der Waals surface area contributed by atoms with Gasteiger partial charge in [-0.25, -0.2) is 0 Å². The lowest BCUT2D eigenvalue weighted by molar-refractivity contribution is 0.499. The highest BCUT2D eigenvalue weighted by atomic mass is 14.1. The van der Waals surface area contributed by atoms with Gasteiger partial charge in [0.05, 0.1) is 0 Å². The van der Waals surface area contributed by atoms with Crippen LogP contribution in [-0.2, 0) is 0 Å². The van der Waals surface area contributed by atoms with E-state index in [1.165, 1.54) is 38.5 Å². The van der Waals surface area contributed by atoms with Gasteiger partial charge in [-0.3, -0.25) is 0 Å². The van der Waals surface area contributed by atoms with E-state index in [1.807, 2.05) is 0 Å². The second-order valence-electron chi connectivity index (χ2n) is 3.41. The predicted molar refractivity (Wildman–Crippen MR) is 49.3 cm³/mol. The van der Waals surface area contributed by atoms with Crippen molar-refractivity contribution in [2.24, 2.45) is 5.92 Å². The molecule has 0 saturated carbocycles. The van der Waals surface area contributed by atoms with Crippen LogP contribution in [0.5, 0.6) is 0 Å². The number of hydrogen-bond donors (Lipinski definition) is 0. The molecule has 1 aliphatic rings. The van der Waals surface area contributed by atoms with Crippen molar-refractivity contribution < 1.29 is 0 Å². The molecular formula is C11H18. The number of hydrogen-bond acceptors (Lipinski definition) is 0. The van der Waals surface area contributed by atoms with Gasteiger partial charge in [0.2, 0.25) is 0 Å². The van der Waals surface area contributed by atoms with Crippen molar-refractivity contribution in [3.8, 4) is 11.8 Å². The minimum absolute atomic E-state index is 0.746. The van der Waals surface area contributed by atoms with Crippen molar-refractivity contribution in [1.29, 1.82) is 0 Å². The van der Waals surface area contributed by atoms with E-state index in [0.29, 0.717) is 0 Å². The first-order valence-corrected chi connectivity index (χ1v) is 4.92. The second-order valence-corrected chi connectivity index (χ2v) is 3.41. The molecule has 0 aromatic rings. The molecule has 0 heteroatoms. The molecular weight excluding hydrogens is 132 g/mol. The molecule has 62 valence electrons. The molecule has 0 heterocycles. The van der Waals surface area contributed by atoms with Crippen molar-refractivity contribution >= 4 is 0 Å². The maximum absolute atomic E-state index is 3.33. The molecule has 1 aliphatic carbocycles. The third-order valence-corrected chi connectivity index (χ3v) is 2.32. The van der Waals surface area contributed by atoms with Crippen LogP contribution in [0.15, 0.2) is 0 Å². The standard InChI is InChI=1S/C11H18/c1-2-3-5-8-11-9-6-4-7-10-11/h11H,2-6,8-9H2,1H3. The average molecular weight is 150 g/mol. The van der Waals surface area contributed by atoms with Crippen LogP contribution in [0.2, 0.25) is 0 Å². The molecule has 1 atom stereocenters. The first-order valence-electron chi connectivity index (χ1n) is 4.92. The van der Waals surface area contributed by atoms with E-state index in [4.69, 9.17) is 0 Å². The highest BCUT2D eigenvalue weighted by molar-refractivity contribution is 5.06. The van der Waals surface area contributed by atoms with Gasteiger partial charge >= 0.3 is 0 Å². The minimum Gasteiger partial charge on any atom is -0.103 e. The van der Waals surface area contributed by atoms with E-state index in [-0.39, 0.29) is 0 Å². The van der Waals surface area contributed by atoms with Crippen LogP contribution in [0.3, 0.4) is 0 Å². The van der Waals surface area contributed by atoms with Gasteiger partial charge in [-0.1, -0.05) is 32.1 Å². The first-order chi connectivity index (χ1) is 5.43. The van der Waals surface area contributed by atoms with Gasteiger partial charge in [0.15, 0.2) is 0 Å². The molecule has 0 saturated heterocycles. The van der Waals surface area contributed by atoms with Crippen molar-refractivity contribution in [2.75, 3.05) is 0 Å². The molecule has 0 N–H and O–H groups in total. The summed E-state index contributed by atoms with van der Waals surface area (Å²) in [5.74, 6) is 7.29. The van der Waals surface area contributed by atoms with Crippen molar-refractivity contribution in [2.45, 2.75) is 51.9 Å². The summed E-state index contributed by atoms with van der Waals surface area (Å²) in [7, 11) is 0. The molecule has 0 radical (unpaired) electrons. The Morgan fingerprint density at radius 3 is 2.91 bits per heavy atom. The Hall–Kier alpha value is -0.440. The van der Waals surface area contributed by atoms with Gasteiger partial charge < -0.3 is 0 Å². The van der Waals surface area contributed by atoms with Crippen LogP contribution in [0.4, 0.5) is 0 Å². The maximum Gasteiger partial charge on any atom is 0.0203 e. The Morgan fingerprint density at radius 1 is 1.36 bits per heavy atom. The molecule has 0 fully saturated rings. The Bertz CT molecular complexity index is 147. The third kappa shape index (κ3) is 3.46. The van der Waals surface area contributed by atoms with Crippen LogP contribution >= 0.6 is 0 Å². The zero-order valence-corrected chi connectivity index (χ0v) is 7.53. The van der Waals surface area contributed by atoms with Crippen LogP contribution in [-0.4, -0.2) is 0 Å². The summed E-state index contributed by atoms with van der Waals surface area (Å²) in [6.07, 6.45) is 9.29. The van der Waals surface area contributed by atoms with E-state index in [0.717, 1.165) is 12.3 Å². The van der Waals surface area contributed by atoms with Crippen molar-refractivity contribution in [3.05, 3.63) is 0 Å². The summed E-state index contributed by atoms with van der Waals surface area (Å²) < 4.78 is 0. The van der Waals surface area contributed by atoms with E-state index in [9.17, 15) is 0 Å². The van der Waals surface area contributed by atoms with Gasteiger partial charge in [-0.15, -0.1) is 5.92 Å². The van der Waals surface area contributed by atoms with Crippen LogP contribution in [0.1, 0.15) is 51.9 Å². The monoisotopic (exact) mass is 150 g/mol. The fraction of sp³-hybridized carbons (Fsp3) is 0.818. The third-order valence-electron chi connectivity index (χ3n) is 2.32. The topological polar surface area (TPSA) is 0 Å². The summed E-state index contributed by atoms with van der Waals surface area (Å²) in [4.78, 5) is 0. The second kappa shape index (κ2) is 5.24. The molecule has 11 heavy (non-hydrogen) atoms. The number of unbranched alkanes of at least 4 members (excludes halogenated alkanes) is 2. The average Bonchev–Trinajstić information content (AvgIpc) is 2.07. The number of rotatable bonds is 4. The van der Waals surface area contributed by atoms with Gasteiger partial charge in [-0.2, -0.15) is 0 Å². The molecule has 0 spiro atoms. The Morgan fingerprint density at radius 2 is 2.27 bits per heavy atom. The molecule has 0 aliphatic heterocycles. The zero-order valence-electron chi connectivity index (χ0n) is 7.53. The van der Waals surface area contributed by atoms with Gasteiger partial charge in [0, 0.05) is 12.3 Å². The molecule has 0 aromatic carbocycles. The molecule has 0 nitrogen and oxygen atoms in total. The fourth-order valence-corrected chi connectivity index (χ4v) is 1.58. The van der Waals surface area contributed by atoms with Crippen LogP contribution in [0, 0.1) is 17.8 Å². The summed E-state index contributed by atoms with van der Waals surface area (Å²) >= 11 is 0. The van der Waals surface area contributed by atoms with Crippen molar-refractivity contribution in [1.82, 2.24) is 0 Å². The molecule has 0 aromatic heterocycles. The van der Waals surface area contributed by atoms with Crippen LogP contribution < -0.4 is 0 Å². The molecule has 0 bridgehead atoms. The molecule has 1 rings (SSSR count). The van der Waals surface area contributed by atoms with E-state index in [1.54, 1.807) is 0 Å². The molecule has 0 amide bonds. The van der Waals surface area contributed by atoms with Gasteiger partial charge in [-0.05, 0) is 19.3 Å².